The largest absolute Gasteiger partial charge is 0.382 e. The molecule has 0 saturated heterocycles. The molecule has 1 aliphatic rings. The molecular weight excluding hydrogens is 250 g/mol. The molecule has 1 fully saturated rings. The summed E-state index contributed by atoms with van der Waals surface area (Å²) in [6, 6.07) is 6.57. The Hall–Kier alpha value is -1.71. The number of rotatable bonds is 3. The van der Waals surface area contributed by atoms with Gasteiger partial charge in [0.2, 0.25) is 0 Å². The van der Waals surface area contributed by atoms with E-state index in [-0.39, 0.29) is 5.69 Å². The maximum absolute atomic E-state index is 11.3. The fourth-order valence-corrected chi connectivity index (χ4v) is 3.29. The van der Waals surface area contributed by atoms with E-state index in [1.807, 2.05) is 18.2 Å². The van der Waals surface area contributed by atoms with Gasteiger partial charge in [0.05, 0.1) is 11.0 Å². The number of aromatic nitrogens is 2. The number of nitrogens with one attached hydrogen (secondary N) is 3. The van der Waals surface area contributed by atoms with Crippen molar-refractivity contribution in [3.8, 4) is 0 Å². The van der Waals surface area contributed by atoms with Crippen LogP contribution in [-0.2, 0) is 0 Å². The molecule has 1 aromatic heterocycles. The van der Waals surface area contributed by atoms with Crippen LogP contribution in [0.4, 0.5) is 5.69 Å². The van der Waals surface area contributed by atoms with Gasteiger partial charge in [-0.2, -0.15) is 0 Å². The van der Waals surface area contributed by atoms with Crippen LogP contribution in [0.1, 0.15) is 39.5 Å². The van der Waals surface area contributed by atoms with Crippen LogP contribution in [-0.4, -0.2) is 16.0 Å². The molecule has 0 aliphatic heterocycles. The molecule has 2 aromatic rings. The summed E-state index contributed by atoms with van der Waals surface area (Å²) in [7, 11) is 0. The fourth-order valence-electron chi connectivity index (χ4n) is 3.29. The second-order valence-electron chi connectivity index (χ2n) is 6.34. The van der Waals surface area contributed by atoms with E-state index < -0.39 is 0 Å². The van der Waals surface area contributed by atoms with Gasteiger partial charge in [-0.15, -0.1) is 0 Å². The Labute approximate surface area is 119 Å². The van der Waals surface area contributed by atoms with Crippen LogP contribution in [0.3, 0.4) is 0 Å². The zero-order valence-corrected chi connectivity index (χ0v) is 12.2. The highest BCUT2D eigenvalue weighted by molar-refractivity contribution is 5.78. The van der Waals surface area contributed by atoms with Gasteiger partial charge in [-0.05, 0) is 55.7 Å². The molecule has 4 heteroatoms. The summed E-state index contributed by atoms with van der Waals surface area (Å²) in [5.74, 6) is 1.69. The van der Waals surface area contributed by atoms with Gasteiger partial charge in [-0.3, -0.25) is 0 Å². The molecule has 0 atom stereocenters. The van der Waals surface area contributed by atoms with Gasteiger partial charge in [-0.25, -0.2) is 4.79 Å². The highest BCUT2D eigenvalue weighted by Gasteiger charge is 2.23. The van der Waals surface area contributed by atoms with Crippen molar-refractivity contribution in [2.24, 2.45) is 11.8 Å². The van der Waals surface area contributed by atoms with Gasteiger partial charge in [0.1, 0.15) is 0 Å². The Balaban J connectivity index is 1.66. The maximum atomic E-state index is 11.3. The maximum Gasteiger partial charge on any atom is 0.323 e. The summed E-state index contributed by atoms with van der Waals surface area (Å²) in [6.07, 6.45) is 5.12. The molecule has 0 bridgehead atoms. The van der Waals surface area contributed by atoms with Gasteiger partial charge in [0, 0.05) is 11.7 Å². The van der Waals surface area contributed by atoms with Crippen LogP contribution >= 0.6 is 0 Å². The van der Waals surface area contributed by atoms with E-state index in [1.54, 1.807) is 0 Å². The van der Waals surface area contributed by atoms with E-state index in [9.17, 15) is 4.79 Å². The van der Waals surface area contributed by atoms with E-state index in [0.29, 0.717) is 6.04 Å². The van der Waals surface area contributed by atoms with Crippen molar-refractivity contribution in [2.75, 3.05) is 5.32 Å². The third-order valence-corrected chi connectivity index (χ3v) is 4.60. The number of anilines is 1. The minimum absolute atomic E-state index is 0.144. The monoisotopic (exact) mass is 273 g/mol. The van der Waals surface area contributed by atoms with E-state index in [2.05, 4.69) is 29.1 Å². The van der Waals surface area contributed by atoms with Crippen molar-refractivity contribution < 1.29 is 0 Å². The average molecular weight is 273 g/mol. The van der Waals surface area contributed by atoms with E-state index in [4.69, 9.17) is 0 Å². The van der Waals surface area contributed by atoms with Gasteiger partial charge in [0.25, 0.3) is 0 Å². The third kappa shape index (κ3) is 2.74. The van der Waals surface area contributed by atoms with Gasteiger partial charge in [-0.1, -0.05) is 13.8 Å². The summed E-state index contributed by atoms with van der Waals surface area (Å²) < 4.78 is 0. The van der Waals surface area contributed by atoms with Crippen LogP contribution in [0.25, 0.3) is 11.0 Å². The number of benzene rings is 1. The number of hydrogen-bond acceptors (Lipinski definition) is 2. The second-order valence-corrected chi connectivity index (χ2v) is 6.34. The van der Waals surface area contributed by atoms with Crippen LogP contribution in [0, 0.1) is 11.8 Å². The molecule has 20 heavy (non-hydrogen) atoms. The lowest BCUT2D eigenvalue weighted by Crippen LogP contribution is -2.27. The quantitative estimate of drug-likeness (QED) is 0.801. The highest BCUT2D eigenvalue weighted by atomic mass is 16.1. The first kappa shape index (κ1) is 13.3. The average Bonchev–Trinajstić information content (AvgIpc) is 2.78. The SMILES string of the molecule is CC(C)C1CCC(Nc2ccc3[nH]c(=O)[nH]c3c2)CC1. The molecule has 1 aliphatic carbocycles. The lowest BCUT2D eigenvalue weighted by Gasteiger charge is -2.31. The molecule has 1 saturated carbocycles. The molecule has 0 amide bonds. The highest BCUT2D eigenvalue weighted by Crippen LogP contribution is 2.31. The molecule has 3 rings (SSSR count). The first-order valence-corrected chi connectivity index (χ1v) is 7.60. The van der Waals surface area contributed by atoms with Crippen molar-refractivity contribution in [2.45, 2.75) is 45.6 Å². The van der Waals surface area contributed by atoms with Gasteiger partial charge in [0.15, 0.2) is 0 Å². The standard InChI is InChI=1S/C16H23N3O/c1-10(2)11-3-5-12(6-4-11)17-13-7-8-14-15(9-13)19-16(20)18-14/h7-12,17H,3-6H2,1-2H3,(H2,18,19,20). The minimum Gasteiger partial charge on any atom is -0.382 e. The molecular formula is C16H23N3O. The lowest BCUT2D eigenvalue weighted by atomic mass is 9.79. The molecule has 108 valence electrons. The minimum atomic E-state index is -0.144. The molecule has 0 radical (unpaired) electrons. The van der Waals surface area contributed by atoms with Crippen molar-refractivity contribution >= 4 is 16.7 Å². The third-order valence-electron chi connectivity index (χ3n) is 4.60. The van der Waals surface area contributed by atoms with Crippen molar-refractivity contribution in [1.29, 1.82) is 0 Å². The van der Waals surface area contributed by atoms with Crippen molar-refractivity contribution in [3.63, 3.8) is 0 Å². The molecule has 0 unspecified atom stereocenters. The predicted octanol–water partition coefficient (Wildman–Crippen LogP) is 3.48. The Morgan fingerprint density at radius 1 is 1.10 bits per heavy atom. The van der Waals surface area contributed by atoms with Crippen molar-refractivity contribution in [3.05, 3.63) is 28.7 Å². The zero-order valence-electron chi connectivity index (χ0n) is 12.2. The molecule has 1 heterocycles. The Kier molecular flexibility index (Phi) is 3.55. The summed E-state index contributed by atoms with van der Waals surface area (Å²) in [5.41, 5.74) is 2.69. The zero-order chi connectivity index (χ0) is 14.1. The number of H-pyrrole nitrogens is 2. The van der Waals surface area contributed by atoms with Crippen LogP contribution < -0.4 is 11.0 Å². The fraction of sp³-hybridized carbons (Fsp3) is 0.562. The van der Waals surface area contributed by atoms with E-state index in [1.165, 1.54) is 25.7 Å². The lowest BCUT2D eigenvalue weighted by molar-refractivity contribution is 0.267. The molecule has 4 nitrogen and oxygen atoms in total. The summed E-state index contributed by atoms with van der Waals surface area (Å²) in [5, 5.41) is 3.61. The van der Waals surface area contributed by atoms with Crippen LogP contribution in [0.5, 0.6) is 0 Å². The Morgan fingerprint density at radius 2 is 1.80 bits per heavy atom. The smallest absolute Gasteiger partial charge is 0.323 e. The van der Waals surface area contributed by atoms with E-state index >= 15 is 0 Å². The molecule has 0 spiro atoms. The number of hydrogen-bond donors (Lipinski definition) is 3. The molecule has 1 aromatic carbocycles. The second kappa shape index (κ2) is 5.35. The predicted molar refractivity (Wildman–Crippen MR) is 83.1 cm³/mol. The first-order valence-electron chi connectivity index (χ1n) is 7.60. The van der Waals surface area contributed by atoms with Crippen LogP contribution in [0.15, 0.2) is 23.0 Å². The van der Waals surface area contributed by atoms with Crippen molar-refractivity contribution in [1.82, 2.24) is 9.97 Å². The number of imidazole rings is 1. The molecule has 3 N–H and O–H groups in total. The van der Waals surface area contributed by atoms with Gasteiger partial charge >= 0.3 is 5.69 Å². The summed E-state index contributed by atoms with van der Waals surface area (Å²) >= 11 is 0. The van der Waals surface area contributed by atoms with Crippen LogP contribution in [0.2, 0.25) is 0 Å². The number of aromatic amines is 2. The van der Waals surface area contributed by atoms with Gasteiger partial charge < -0.3 is 15.3 Å². The number of fused-ring (bicyclic) bond motifs is 1. The Bertz CT molecular complexity index is 632. The topological polar surface area (TPSA) is 60.7 Å². The van der Waals surface area contributed by atoms with E-state index in [0.717, 1.165) is 28.6 Å². The summed E-state index contributed by atoms with van der Waals surface area (Å²) in [4.78, 5) is 16.8. The normalized spacial score (nSPS) is 23.4. The summed E-state index contributed by atoms with van der Waals surface area (Å²) in [6.45, 7) is 4.66. The first-order chi connectivity index (χ1) is 9.61. The Morgan fingerprint density at radius 3 is 2.50 bits per heavy atom.